The van der Waals surface area contributed by atoms with Crippen LogP contribution in [0.3, 0.4) is 0 Å². The molecule has 9 heteroatoms. The molecule has 1 heterocycles. The summed E-state index contributed by atoms with van der Waals surface area (Å²) in [5.74, 6) is -0.694. The molecule has 0 spiro atoms. The number of sulfonamides is 1. The highest BCUT2D eigenvalue weighted by Crippen LogP contribution is 2.32. The Hall–Kier alpha value is -1.61. The third-order valence-corrected chi connectivity index (χ3v) is 4.72. The normalized spacial score (nSPS) is 22.4. The predicted octanol–water partition coefficient (Wildman–Crippen LogP) is 1.25. The molecule has 0 saturated carbocycles. The van der Waals surface area contributed by atoms with Gasteiger partial charge in [0.2, 0.25) is 10.0 Å². The van der Waals surface area contributed by atoms with E-state index in [-0.39, 0.29) is 11.4 Å². The van der Waals surface area contributed by atoms with E-state index in [1.54, 1.807) is 0 Å². The van der Waals surface area contributed by atoms with Gasteiger partial charge >= 0.3 is 12.1 Å². The van der Waals surface area contributed by atoms with Crippen LogP contribution in [0.2, 0.25) is 0 Å². The lowest BCUT2D eigenvalue weighted by Gasteiger charge is -2.09. The SMILES string of the molecule is COC(=O)C1CN1S(=O)(=O)c1ccc(C(F)(F)F)cc1. The van der Waals surface area contributed by atoms with Crippen LogP contribution in [0, 0.1) is 0 Å². The van der Waals surface area contributed by atoms with Gasteiger partial charge in [-0.05, 0) is 24.3 Å². The summed E-state index contributed by atoms with van der Waals surface area (Å²) in [5.41, 5.74) is -0.938. The van der Waals surface area contributed by atoms with Crippen molar-refractivity contribution in [3.8, 4) is 0 Å². The first-order valence-corrected chi connectivity index (χ1v) is 6.89. The van der Waals surface area contributed by atoms with E-state index in [0.717, 1.165) is 23.5 Å². The molecule has 0 N–H and O–H groups in total. The largest absolute Gasteiger partial charge is 0.468 e. The van der Waals surface area contributed by atoms with Crippen LogP contribution in [0.1, 0.15) is 5.56 Å². The quantitative estimate of drug-likeness (QED) is 0.623. The Morgan fingerprint density at radius 2 is 1.85 bits per heavy atom. The Bertz CT molecular complexity index is 624. The standard InChI is InChI=1S/C11H10F3NO4S/c1-19-10(16)9-6-15(9)20(17,18)8-4-2-7(3-5-8)11(12,13)14/h2-5,9H,6H2,1H3. The predicted molar refractivity (Wildman–Crippen MR) is 61.1 cm³/mol. The van der Waals surface area contributed by atoms with Gasteiger partial charge in [-0.2, -0.15) is 17.5 Å². The number of rotatable bonds is 3. The van der Waals surface area contributed by atoms with Crippen molar-refractivity contribution in [2.45, 2.75) is 17.1 Å². The molecular formula is C11H10F3NO4S. The summed E-state index contributed by atoms with van der Waals surface area (Å²) in [4.78, 5) is 10.9. The minimum atomic E-state index is -4.53. The molecule has 0 aliphatic carbocycles. The number of ether oxygens (including phenoxy) is 1. The lowest BCUT2D eigenvalue weighted by molar-refractivity contribution is -0.140. The second-order valence-corrected chi connectivity index (χ2v) is 6.03. The molecule has 5 nitrogen and oxygen atoms in total. The Balaban J connectivity index is 2.22. The van der Waals surface area contributed by atoms with E-state index < -0.39 is 33.8 Å². The fourth-order valence-corrected chi connectivity index (χ4v) is 3.18. The van der Waals surface area contributed by atoms with Crippen molar-refractivity contribution in [1.82, 2.24) is 4.31 Å². The van der Waals surface area contributed by atoms with Crippen molar-refractivity contribution in [1.29, 1.82) is 0 Å². The average molecular weight is 309 g/mol. The highest BCUT2D eigenvalue weighted by molar-refractivity contribution is 7.89. The number of nitrogens with zero attached hydrogens (tertiary/aromatic N) is 1. The number of esters is 1. The van der Waals surface area contributed by atoms with E-state index in [0.29, 0.717) is 12.1 Å². The number of carbonyl (C=O) groups excluding carboxylic acids is 1. The molecule has 1 aromatic carbocycles. The van der Waals surface area contributed by atoms with E-state index in [9.17, 15) is 26.4 Å². The van der Waals surface area contributed by atoms with Crippen LogP contribution >= 0.6 is 0 Å². The smallest absolute Gasteiger partial charge is 0.416 e. The van der Waals surface area contributed by atoms with Gasteiger partial charge in [0.25, 0.3) is 0 Å². The van der Waals surface area contributed by atoms with Gasteiger partial charge in [-0.25, -0.2) is 8.42 Å². The number of halogens is 3. The second kappa shape index (κ2) is 4.74. The van der Waals surface area contributed by atoms with Gasteiger partial charge in [0.1, 0.15) is 6.04 Å². The highest BCUT2D eigenvalue weighted by atomic mass is 32.2. The first kappa shape index (κ1) is 14.8. The molecular weight excluding hydrogens is 299 g/mol. The van der Waals surface area contributed by atoms with Crippen molar-refractivity contribution in [2.24, 2.45) is 0 Å². The third-order valence-electron chi connectivity index (χ3n) is 2.83. The summed E-state index contributed by atoms with van der Waals surface area (Å²) in [7, 11) is -2.84. The van der Waals surface area contributed by atoms with Gasteiger partial charge < -0.3 is 4.74 Å². The summed E-state index contributed by atoms with van der Waals surface area (Å²) >= 11 is 0. The van der Waals surface area contributed by atoms with E-state index >= 15 is 0 Å². The minimum absolute atomic E-state index is 0.0317. The van der Waals surface area contributed by atoms with Gasteiger partial charge in [-0.1, -0.05) is 0 Å². The van der Waals surface area contributed by atoms with Crippen LogP contribution in [0.15, 0.2) is 29.2 Å². The van der Waals surface area contributed by atoms with Gasteiger partial charge in [0, 0.05) is 6.54 Å². The Morgan fingerprint density at radius 1 is 1.30 bits per heavy atom. The molecule has 0 bridgehead atoms. The maximum atomic E-state index is 12.4. The van der Waals surface area contributed by atoms with Crippen LogP contribution < -0.4 is 0 Å². The zero-order valence-corrected chi connectivity index (χ0v) is 11.0. The highest BCUT2D eigenvalue weighted by Gasteiger charge is 2.50. The third kappa shape index (κ3) is 2.63. The molecule has 2 atom stereocenters. The minimum Gasteiger partial charge on any atom is -0.468 e. The summed E-state index contributed by atoms with van der Waals surface area (Å²) in [6, 6.07) is 2.20. The molecule has 1 aliphatic rings. The van der Waals surface area contributed by atoms with E-state index in [2.05, 4.69) is 4.74 Å². The molecule has 0 amide bonds. The average Bonchev–Trinajstić information content (AvgIpc) is 3.18. The van der Waals surface area contributed by atoms with Crippen molar-refractivity contribution in [2.75, 3.05) is 13.7 Å². The van der Waals surface area contributed by atoms with Crippen LogP contribution in [-0.2, 0) is 25.7 Å². The van der Waals surface area contributed by atoms with E-state index in [1.807, 2.05) is 0 Å². The molecule has 2 unspecified atom stereocenters. The molecule has 1 aromatic rings. The number of hydrogen-bond donors (Lipinski definition) is 0. The molecule has 1 saturated heterocycles. The first-order valence-electron chi connectivity index (χ1n) is 5.45. The summed E-state index contributed by atoms with van der Waals surface area (Å²) in [6.45, 7) is -0.0317. The van der Waals surface area contributed by atoms with Crippen LogP contribution in [0.4, 0.5) is 13.2 Å². The Kier molecular flexibility index (Phi) is 3.51. The summed E-state index contributed by atoms with van der Waals surface area (Å²) in [6.07, 6.45) is -4.53. The maximum absolute atomic E-state index is 12.4. The fraction of sp³-hybridized carbons (Fsp3) is 0.364. The van der Waals surface area contributed by atoms with Crippen LogP contribution in [0.5, 0.6) is 0 Å². The van der Waals surface area contributed by atoms with Gasteiger partial charge in [-0.3, -0.25) is 4.79 Å². The van der Waals surface area contributed by atoms with Crippen molar-refractivity contribution in [3.63, 3.8) is 0 Å². The monoisotopic (exact) mass is 309 g/mol. The number of hydrogen-bond acceptors (Lipinski definition) is 4. The van der Waals surface area contributed by atoms with Crippen LogP contribution in [-0.4, -0.2) is 38.4 Å². The number of benzene rings is 1. The molecule has 1 aliphatic heterocycles. The topological polar surface area (TPSA) is 63.5 Å². The number of carbonyl (C=O) groups is 1. The lowest BCUT2D eigenvalue weighted by Crippen LogP contribution is -2.20. The second-order valence-electron chi connectivity index (χ2n) is 4.14. The zero-order chi connectivity index (χ0) is 15.1. The lowest BCUT2D eigenvalue weighted by atomic mass is 10.2. The van der Waals surface area contributed by atoms with Crippen molar-refractivity contribution >= 4 is 16.0 Å². The van der Waals surface area contributed by atoms with Gasteiger partial charge in [-0.15, -0.1) is 0 Å². The Morgan fingerprint density at radius 3 is 2.30 bits per heavy atom. The summed E-state index contributed by atoms with van der Waals surface area (Å²) < 4.78 is 66.5. The first-order chi connectivity index (χ1) is 9.17. The zero-order valence-electron chi connectivity index (χ0n) is 10.2. The molecule has 0 aromatic heterocycles. The number of alkyl halides is 3. The maximum Gasteiger partial charge on any atom is 0.416 e. The summed E-state index contributed by atoms with van der Waals surface area (Å²) in [5, 5.41) is 0. The van der Waals surface area contributed by atoms with Crippen molar-refractivity contribution < 1.29 is 31.1 Å². The molecule has 20 heavy (non-hydrogen) atoms. The van der Waals surface area contributed by atoms with Crippen molar-refractivity contribution in [3.05, 3.63) is 29.8 Å². The van der Waals surface area contributed by atoms with E-state index in [1.165, 1.54) is 0 Å². The van der Waals surface area contributed by atoms with Crippen LogP contribution in [0.25, 0.3) is 0 Å². The van der Waals surface area contributed by atoms with Gasteiger partial charge in [0.05, 0.1) is 17.6 Å². The number of methoxy groups -OCH3 is 1. The molecule has 1 fully saturated rings. The molecule has 0 radical (unpaired) electrons. The van der Waals surface area contributed by atoms with Gasteiger partial charge in [0.15, 0.2) is 0 Å². The van der Waals surface area contributed by atoms with E-state index in [4.69, 9.17) is 0 Å². The molecule has 110 valence electrons. The fourth-order valence-electron chi connectivity index (χ4n) is 1.67. The Labute approximate surface area is 113 Å². The molecule has 2 rings (SSSR count).